The van der Waals surface area contributed by atoms with Crippen molar-refractivity contribution in [3.63, 3.8) is 0 Å². The molecule has 0 fully saturated rings. The summed E-state index contributed by atoms with van der Waals surface area (Å²) in [4.78, 5) is 11.0. The lowest BCUT2D eigenvalue weighted by atomic mass is 10.1. The van der Waals surface area contributed by atoms with E-state index in [2.05, 4.69) is 0 Å². The summed E-state index contributed by atoms with van der Waals surface area (Å²) < 4.78 is 15.8. The predicted molar refractivity (Wildman–Crippen MR) is 79.4 cm³/mol. The first-order valence-electron chi connectivity index (χ1n) is 6.31. The fourth-order valence-electron chi connectivity index (χ4n) is 2.33. The molecule has 0 saturated carbocycles. The number of hydrogen-bond acceptors (Lipinski definition) is 1. The zero-order valence-corrected chi connectivity index (χ0v) is 11.6. The Bertz CT molecular complexity index is 841. The number of benzene rings is 2. The van der Waals surface area contributed by atoms with Crippen LogP contribution in [0.2, 0.25) is 5.02 Å². The van der Waals surface area contributed by atoms with E-state index in [-0.39, 0.29) is 10.6 Å². The Morgan fingerprint density at radius 2 is 2.05 bits per heavy atom. The maximum atomic E-state index is 13.9. The van der Waals surface area contributed by atoms with Crippen molar-refractivity contribution in [1.29, 1.82) is 0 Å². The molecule has 3 rings (SSSR count). The molecular formula is C16H11ClFNO2. The first-order valence-corrected chi connectivity index (χ1v) is 6.69. The van der Waals surface area contributed by atoms with Gasteiger partial charge in [0, 0.05) is 22.7 Å². The number of fused-ring (bicyclic) bond motifs is 1. The van der Waals surface area contributed by atoms with E-state index in [0.717, 1.165) is 10.9 Å². The summed E-state index contributed by atoms with van der Waals surface area (Å²) in [5.41, 5.74) is 1.57. The Morgan fingerprint density at radius 1 is 1.24 bits per heavy atom. The van der Waals surface area contributed by atoms with E-state index in [9.17, 15) is 9.18 Å². The number of aromatic nitrogens is 1. The first-order chi connectivity index (χ1) is 10.1. The van der Waals surface area contributed by atoms with E-state index < -0.39 is 11.8 Å². The summed E-state index contributed by atoms with van der Waals surface area (Å²) in [5, 5.41) is 9.88. The molecule has 0 saturated heterocycles. The number of carboxylic acids is 1. The summed E-state index contributed by atoms with van der Waals surface area (Å²) in [6.45, 7) is 0.336. The van der Waals surface area contributed by atoms with Crippen LogP contribution in [0.1, 0.15) is 15.9 Å². The van der Waals surface area contributed by atoms with Gasteiger partial charge in [-0.15, -0.1) is 0 Å². The molecule has 1 aromatic heterocycles. The summed E-state index contributed by atoms with van der Waals surface area (Å²) >= 11 is 5.78. The standard InChI is InChI=1S/C16H11ClFNO2/c17-13-3-1-2-12(15(13)18)9-19-7-6-10-8-11(16(20)21)4-5-14(10)19/h1-8H,9H2,(H,20,21). The molecule has 1 heterocycles. The highest BCUT2D eigenvalue weighted by Gasteiger charge is 2.10. The van der Waals surface area contributed by atoms with Gasteiger partial charge < -0.3 is 9.67 Å². The molecule has 0 aliphatic carbocycles. The van der Waals surface area contributed by atoms with Crippen molar-refractivity contribution < 1.29 is 14.3 Å². The quantitative estimate of drug-likeness (QED) is 0.788. The highest BCUT2D eigenvalue weighted by atomic mass is 35.5. The molecule has 21 heavy (non-hydrogen) atoms. The zero-order chi connectivity index (χ0) is 15.0. The van der Waals surface area contributed by atoms with E-state index in [1.807, 2.05) is 10.6 Å². The van der Waals surface area contributed by atoms with Gasteiger partial charge in [-0.25, -0.2) is 9.18 Å². The molecule has 0 aliphatic heterocycles. The minimum atomic E-state index is -0.967. The van der Waals surface area contributed by atoms with Gasteiger partial charge in [0.1, 0.15) is 5.82 Å². The number of halogens is 2. The first kappa shape index (κ1) is 13.6. The maximum Gasteiger partial charge on any atom is 0.335 e. The van der Waals surface area contributed by atoms with Gasteiger partial charge in [0.2, 0.25) is 0 Å². The molecule has 2 aromatic carbocycles. The van der Waals surface area contributed by atoms with Gasteiger partial charge in [-0.1, -0.05) is 23.7 Å². The minimum absolute atomic E-state index is 0.0946. The van der Waals surface area contributed by atoms with Gasteiger partial charge in [0.05, 0.1) is 17.1 Å². The largest absolute Gasteiger partial charge is 0.478 e. The second kappa shape index (κ2) is 5.22. The molecule has 5 heteroatoms. The fourth-order valence-corrected chi connectivity index (χ4v) is 2.52. The number of nitrogens with zero attached hydrogens (tertiary/aromatic N) is 1. The van der Waals surface area contributed by atoms with E-state index in [0.29, 0.717) is 12.1 Å². The monoisotopic (exact) mass is 303 g/mol. The SMILES string of the molecule is O=C(O)c1ccc2c(ccn2Cc2cccc(Cl)c2F)c1. The number of aromatic carboxylic acids is 1. The lowest BCUT2D eigenvalue weighted by Gasteiger charge is -2.08. The molecule has 1 N–H and O–H groups in total. The number of carboxylic acid groups (broad SMARTS) is 1. The third kappa shape index (κ3) is 2.50. The number of rotatable bonds is 3. The van der Waals surface area contributed by atoms with Gasteiger partial charge in [0.25, 0.3) is 0 Å². The van der Waals surface area contributed by atoms with Gasteiger partial charge in [-0.2, -0.15) is 0 Å². The van der Waals surface area contributed by atoms with Crippen LogP contribution in [0.4, 0.5) is 4.39 Å². The Labute approximate surface area is 125 Å². The summed E-state index contributed by atoms with van der Waals surface area (Å²) in [6.07, 6.45) is 1.80. The summed E-state index contributed by atoms with van der Waals surface area (Å²) in [5.74, 6) is -1.39. The molecular weight excluding hydrogens is 293 g/mol. The van der Waals surface area contributed by atoms with Crippen molar-refractivity contribution in [1.82, 2.24) is 4.57 Å². The third-order valence-electron chi connectivity index (χ3n) is 3.39. The topological polar surface area (TPSA) is 42.2 Å². The second-order valence-electron chi connectivity index (χ2n) is 4.74. The molecule has 3 aromatic rings. The van der Waals surface area contributed by atoms with Crippen LogP contribution in [0.3, 0.4) is 0 Å². The average molecular weight is 304 g/mol. The van der Waals surface area contributed by atoms with E-state index in [1.54, 1.807) is 30.5 Å². The molecule has 0 unspecified atom stereocenters. The summed E-state index contributed by atoms with van der Waals surface area (Å²) in [6, 6.07) is 11.6. The van der Waals surface area contributed by atoms with E-state index >= 15 is 0 Å². The van der Waals surface area contributed by atoms with Gasteiger partial charge in [-0.05, 0) is 30.3 Å². The number of hydrogen-bond donors (Lipinski definition) is 1. The van der Waals surface area contributed by atoms with Gasteiger partial charge in [-0.3, -0.25) is 0 Å². The highest BCUT2D eigenvalue weighted by Crippen LogP contribution is 2.22. The number of carbonyl (C=O) groups is 1. The zero-order valence-electron chi connectivity index (χ0n) is 10.9. The van der Waals surface area contributed by atoms with Crippen molar-refractivity contribution in [2.75, 3.05) is 0 Å². The fraction of sp³-hybridized carbons (Fsp3) is 0.0625. The van der Waals surface area contributed by atoms with Crippen LogP contribution in [0.25, 0.3) is 10.9 Å². The Kier molecular flexibility index (Phi) is 3.39. The van der Waals surface area contributed by atoms with Crippen LogP contribution >= 0.6 is 11.6 Å². The Balaban J connectivity index is 2.02. The van der Waals surface area contributed by atoms with Crippen LogP contribution in [0.15, 0.2) is 48.7 Å². The van der Waals surface area contributed by atoms with Gasteiger partial charge >= 0.3 is 5.97 Å². The van der Waals surface area contributed by atoms with Crippen molar-refractivity contribution in [2.45, 2.75) is 6.54 Å². The molecule has 0 aliphatic rings. The molecule has 0 bridgehead atoms. The molecule has 0 amide bonds. The Hall–Kier alpha value is -2.33. The van der Waals surface area contributed by atoms with Crippen molar-refractivity contribution >= 4 is 28.5 Å². The highest BCUT2D eigenvalue weighted by molar-refractivity contribution is 6.30. The van der Waals surface area contributed by atoms with Crippen LogP contribution < -0.4 is 0 Å². The predicted octanol–water partition coefficient (Wildman–Crippen LogP) is 4.18. The smallest absolute Gasteiger partial charge is 0.335 e. The molecule has 0 radical (unpaired) electrons. The van der Waals surface area contributed by atoms with Crippen LogP contribution in [-0.4, -0.2) is 15.6 Å². The molecule has 0 atom stereocenters. The van der Waals surface area contributed by atoms with Crippen LogP contribution in [0.5, 0.6) is 0 Å². The third-order valence-corrected chi connectivity index (χ3v) is 3.68. The van der Waals surface area contributed by atoms with Crippen LogP contribution in [0, 0.1) is 5.82 Å². The maximum absolute atomic E-state index is 13.9. The summed E-state index contributed by atoms with van der Waals surface area (Å²) in [7, 11) is 0. The van der Waals surface area contributed by atoms with E-state index in [1.165, 1.54) is 12.1 Å². The van der Waals surface area contributed by atoms with E-state index in [4.69, 9.17) is 16.7 Å². The van der Waals surface area contributed by atoms with Gasteiger partial charge in [0.15, 0.2) is 0 Å². The van der Waals surface area contributed by atoms with Crippen molar-refractivity contribution in [3.05, 3.63) is 70.6 Å². The van der Waals surface area contributed by atoms with Crippen molar-refractivity contribution in [3.8, 4) is 0 Å². The Morgan fingerprint density at radius 3 is 2.81 bits per heavy atom. The molecule has 106 valence electrons. The molecule has 0 spiro atoms. The average Bonchev–Trinajstić information content (AvgIpc) is 2.86. The second-order valence-corrected chi connectivity index (χ2v) is 5.14. The normalized spacial score (nSPS) is 11.0. The van der Waals surface area contributed by atoms with Crippen molar-refractivity contribution in [2.24, 2.45) is 0 Å². The lowest BCUT2D eigenvalue weighted by Crippen LogP contribution is -2.01. The van der Waals surface area contributed by atoms with Crippen LogP contribution in [-0.2, 0) is 6.54 Å². The molecule has 3 nitrogen and oxygen atoms in total. The lowest BCUT2D eigenvalue weighted by molar-refractivity contribution is 0.0697. The minimum Gasteiger partial charge on any atom is -0.478 e.